The van der Waals surface area contributed by atoms with Crippen molar-refractivity contribution in [1.29, 1.82) is 0 Å². The minimum atomic E-state index is -0.280. The first-order chi connectivity index (χ1) is 7.27. The summed E-state index contributed by atoms with van der Waals surface area (Å²) < 4.78 is 13.3. The molecular weight excluding hydrogens is 191 g/mol. The molecule has 1 saturated carbocycles. The van der Waals surface area contributed by atoms with E-state index in [9.17, 15) is 9.50 Å². The van der Waals surface area contributed by atoms with Gasteiger partial charge in [-0.15, -0.1) is 0 Å². The molecule has 0 unspecified atom stereocenters. The number of benzene rings is 1. The Kier molecular flexibility index (Phi) is 2.94. The zero-order chi connectivity index (χ0) is 10.7. The predicted octanol–water partition coefficient (Wildman–Crippen LogP) is 3.56. The van der Waals surface area contributed by atoms with E-state index in [1.165, 1.54) is 6.42 Å². The summed E-state index contributed by atoms with van der Waals surface area (Å²) in [5.41, 5.74) is 0.772. The Morgan fingerprint density at radius 1 is 1.07 bits per heavy atom. The topological polar surface area (TPSA) is 20.2 Å². The summed E-state index contributed by atoms with van der Waals surface area (Å²) >= 11 is 0. The highest BCUT2D eigenvalue weighted by Crippen LogP contribution is 2.40. The van der Waals surface area contributed by atoms with Gasteiger partial charge in [0.2, 0.25) is 0 Å². The molecule has 82 valence electrons. The third-order valence-electron chi connectivity index (χ3n) is 3.55. The monoisotopic (exact) mass is 208 g/mol. The molecule has 1 aliphatic carbocycles. The zero-order valence-corrected chi connectivity index (χ0v) is 8.88. The second kappa shape index (κ2) is 4.21. The maximum Gasteiger partial charge on any atom is 0.115 e. The summed E-state index contributed by atoms with van der Waals surface area (Å²) in [4.78, 5) is 0. The van der Waals surface area contributed by atoms with Crippen LogP contribution in [0.3, 0.4) is 0 Å². The van der Waals surface area contributed by atoms with Crippen molar-refractivity contribution in [2.24, 2.45) is 0 Å². The fourth-order valence-electron chi connectivity index (χ4n) is 2.54. The maximum atomic E-state index is 13.3. The van der Waals surface area contributed by atoms with Crippen molar-refractivity contribution in [3.05, 3.63) is 29.8 Å². The summed E-state index contributed by atoms with van der Waals surface area (Å²) in [5.74, 6) is 0.253. The quantitative estimate of drug-likeness (QED) is 0.787. The number of phenols is 1. The van der Waals surface area contributed by atoms with Crippen molar-refractivity contribution in [2.45, 2.75) is 37.5 Å². The number of aromatic hydroxyl groups is 1. The van der Waals surface area contributed by atoms with E-state index in [0.29, 0.717) is 0 Å². The molecule has 1 N–H and O–H groups in total. The Balaban J connectivity index is 2.28. The molecule has 0 aromatic heterocycles. The smallest absolute Gasteiger partial charge is 0.115 e. The summed E-state index contributed by atoms with van der Waals surface area (Å²) in [6.07, 6.45) is 5.33. The molecule has 1 fully saturated rings. The summed E-state index contributed by atoms with van der Waals surface area (Å²) in [5, 5.41) is 9.22. The highest BCUT2D eigenvalue weighted by atomic mass is 19.1. The normalized spacial score (nSPS) is 20.1. The standard InChI is InChI=1S/C13H17FO/c14-10-13(8-2-1-3-9-13)11-4-6-12(15)7-5-11/h4-7,15H,1-3,8-10H2. The van der Waals surface area contributed by atoms with E-state index in [2.05, 4.69) is 0 Å². The van der Waals surface area contributed by atoms with Gasteiger partial charge in [0.1, 0.15) is 5.75 Å². The molecule has 0 aliphatic heterocycles. The Bertz CT molecular complexity index is 312. The van der Waals surface area contributed by atoms with Crippen molar-refractivity contribution in [1.82, 2.24) is 0 Å². The van der Waals surface area contributed by atoms with Crippen molar-refractivity contribution in [3.8, 4) is 5.75 Å². The number of phenolic OH excluding ortho intramolecular Hbond substituents is 1. The molecule has 0 saturated heterocycles. The Labute approximate surface area is 89.9 Å². The second-order valence-corrected chi connectivity index (χ2v) is 4.52. The van der Waals surface area contributed by atoms with Crippen LogP contribution in [0.25, 0.3) is 0 Å². The van der Waals surface area contributed by atoms with E-state index in [4.69, 9.17) is 0 Å². The van der Waals surface area contributed by atoms with Crippen molar-refractivity contribution in [3.63, 3.8) is 0 Å². The molecule has 0 bridgehead atoms. The van der Waals surface area contributed by atoms with Crippen LogP contribution in [-0.4, -0.2) is 11.8 Å². The molecule has 2 rings (SSSR count). The van der Waals surface area contributed by atoms with Crippen molar-refractivity contribution >= 4 is 0 Å². The van der Waals surface area contributed by atoms with Crippen LogP contribution in [0.4, 0.5) is 4.39 Å². The molecule has 2 heteroatoms. The first kappa shape index (κ1) is 10.5. The molecule has 1 aromatic carbocycles. The average molecular weight is 208 g/mol. The third kappa shape index (κ3) is 1.99. The Morgan fingerprint density at radius 3 is 2.20 bits per heavy atom. The number of alkyl halides is 1. The number of hydrogen-bond donors (Lipinski definition) is 1. The van der Waals surface area contributed by atoms with Crippen LogP contribution in [0.2, 0.25) is 0 Å². The minimum Gasteiger partial charge on any atom is -0.508 e. The van der Waals surface area contributed by atoms with E-state index in [-0.39, 0.29) is 17.8 Å². The number of rotatable bonds is 2. The largest absolute Gasteiger partial charge is 0.508 e. The summed E-state index contributed by atoms with van der Waals surface area (Å²) in [7, 11) is 0. The first-order valence-corrected chi connectivity index (χ1v) is 5.62. The van der Waals surface area contributed by atoms with Crippen LogP contribution in [0, 0.1) is 0 Å². The van der Waals surface area contributed by atoms with Gasteiger partial charge in [-0.3, -0.25) is 4.39 Å². The van der Waals surface area contributed by atoms with Gasteiger partial charge in [0.05, 0.1) is 6.67 Å². The van der Waals surface area contributed by atoms with E-state index >= 15 is 0 Å². The lowest BCUT2D eigenvalue weighted by Crippen LogP contribution is -2.31. The van der Waals surface area contributed by atoms with E-state index < -0.39 is 0 Å². The molecule has 0 amide bonds. The molecular formula is C13H17FO. The summed E-state index contributed by atoms with van der Waals surface area (Å²) in [6.45, 7) is -0.280. The molecule has 0 spiro atoms. The second-order valence-electron chi connectivity index (χ2n) is 4.52. The van der Waals surface area contributed by atoms with Gasteiger partial charge in [0.25, 0.3) is 0 Å². The highest BCUT2D eigenvalue weighted by Gasteiger charge is 2.33. The maximum absolute atomic E-state index is 13.3. The van der Waals surface area contributed by atoms with E-state index in [0.717, 1.165) is 31.2 Å². The van der Waals surface area contributed by atoms with Gasteiger partial charge in [-0.25, -0.2) is 0 Å². The van der Waals surface area contributed by atoms with Gasteiger partial charge in [0, 0.05) is 5.41 Å². The fourth-order valence-corrected chi connectivity index (χ4v) is 2.54. The van der Waals surface area contributed by atoms with Crippen LogP contribution in [0.5, 0.6) is 5.75 Å². The van der Waals surface area contributed by atoms with Gasteiger partial charge in [-0.05, 0) is 30.5 Å². The van der Waals surface area contributed by atoms with E-state index in [1.54, 1.807) is 12.1 Å². The van der Waals surface area contributed by atoms with E-state index in [1.807, 2.05) is 12.1 Å². The van der Waals surface area contributed by atoms with Crippen LogP contribution in [0.15, 0.2) is 24.3 Å². The molecule has 1 nitrogen and oxygen atoms in total. The van der Waals surface area contributed by atoms with Gasteiger partial charge < -0.3 is 5.11 Å². The fraction of sp³-hybridized carbons (Fsp3) is 0.538. The van der Waals surface area contributed by atoms with Gasteiger partial charge in [0.15, 0.2) is 0 Å². The molecule has 0 atom stereocenters. The van der Waals surface area contributed by atoms with Crippen molar-refractivity contribution < 1.29 is 9.50 Å². The molecule has 1 aliphatic rings. The zero-order valence-electron chi connectivity index (χ0n) is 8.88. The Hall–Kier alpha value is -1.05. The van der Waals surface area contributed by atoms with Gasteiger partial charge in [-0.1, -0.05) is 31.4 Å². The molecule has 0 radical (unpaired) electrons. The summed E-state index contributed by atoms with van der Waals surface area (Å²) in [6, 6.07) is 7.03. The van der Waals surface area contributed by atoms with Crippen LogP contribution in [0.1, 0.15) is 37.7 Å². The lowest BCUT2D eigenvalue weighted by molar-refractivity contribution is 0.226. The molecule has 1 aromatic rings. The number of halogens is 1. The van der Waals surface area contributed by atoms with Crippen LogP contribution in [-0.2, 0) is 5.41 Å². The van der Waals surface area contributed by atoms with Crippen LogP contribution < -0.4 is 0 Å². The Morgan fingerprint density at radius 2 is 1.67 bits per heavy atom. The molecule has 0 heterocycles. The van der Waals surface area contributed by atoms with Gasteiger partial charge >= 0.3 is 0 Å². The molecule has 15 heavy (non-hydrogen) atoms. The predicted molar refractivity (Wildman–Crippen MR) is 58.8 cm³/mol. The number of hydrogen-bond acceptors (Lipinski definition) is 1. The highest BCUT2D eigenvalue weighted by molar-refractivity contribution is 5.32. The minimum absolute atomic E-state index is 0.253. The lowest BCUT2D eigenvalue weighted by Gasteiger charge is -2.35. The van der Waals surface area contributed by atoms with Crippen molar-refractivity contribution in [2.75, 3.05) is 6.67 Å². The average Bonchev–Trinajstić information content (AvgIpc) is 2.31. The lowest BCUT2D eigenvalue weighted by atomic mass is 9.70. The van der Waals surface area contributed by atoms with Gasteiger partial charge in [-0.2, -0.15) is 0 Å². The first-order valence-electron chi connectivity index (χ1n) is 5.62. The third-order valence-corrected chi connectivity index (χ3v) is 3.55. The van der Waals surface area contributed by atoms with Crippen LogP contribution >= 0.6 is 0 Å². The SMILES string of the molecule is Oc1ccc(C2(CF)CCCCC2)cc1.